The highest BCUT2D eigenvalue weighted by Gasteiger charge is 2.45. The van der Waals surface area contributed by atoms with Gasteiger partial charge in [-0.2, -0.15) is 4.98 Å². The highest BCUT2D eigenvalue weighted by Crippen LogP contribution is 2.38. The maximum atomic E-state index is 14.0. The fourth-order valence-electron chi connectivity index (χ4n) is 3.84. The SMILES string of the molecule is CCCCC(=O)OC1CN(CCCC)C[N+]1([O-])c1nc2ccc(CCCC)cc2s1. The number of esters is 1. The standard InChI is InChI=1S/C23H35N3O3S/c1-4-7-10-18-12-13-19-20(15-18)30-23(24-19)26(28)17-25(14-9-6-3)16-21(26)29-22(27)11-8-5-2/h12-13,15,21H,4-11,14,16-17H2,1-3H3. The molecule has 3 rings (SSSR count). The highest BCUT2D eigenvalue weighted by molar-refractivity contribution is 7.22. The van der Waals surface area contributed by atoms with E-state index in [1.54, 1.807) is 0 Å². The summed E-state index contributed by atoms with van der Waals surface area (Å²) in [5, 5.41) is 14.5. The number of nitrogens with zero attached hydrogens (tertiary/aromatic N) is 3. The largest absolute Gasteiger partial charge is 0.622 e. The van der Waals surface area contributed by atoms with Crippen molar-refractivity contribution in [2.24, 2.45) is 0 Å². The number of carbonyl (C=O) groups excluding carboxylic acids is 1. The third kappa shape index (κ3) is 5.38. The summed E-state index contributed by atoms with van der Waals surface area (Å²) in [7, 11) is 0. The summed E-state index contributed by atoms with van der Waals surface area (Å²) in [6.45, 7) is 7.97. The molecule has 2 heterocycles. The number of ether oxygens (including phenoxy) is 1. The Labute approximate surface area is 184 Å². The molecular formula is C23H35N3O3S. The molecule has 1 fully saturated rings. The van der Waals surface area contributed by atoms with E-state index in [2.05, 4.69) is 35.9 Å². The number of aryl methyl sites for hydroxylation is 1. The van der Waals surface area contributed by atoms with Crippen molar-refractivity contribution < 1.29 is 9.53 Å². The zero-order valence-corrected chi connectivity index (χ0v) is 19.4. The Bertz CT molecular complexity index is 840. The van der Waals surface area contributed by atoms with Crippen LogP contribution in [0.4, 0.5) is 5.13 Å². The van der Waals surface area contributed by atoms with Crippen molar-refractivity contribution in [1.29, 1.82) is 0 Å². The van der Waals surface area contributed by atoms with E-state index in [9.17, 15) is 10.0 Å². The summed E-state index contributed by atoms with van der Waals surface area (Å²) in [5.41, 5.74) is 2.14. The molecule has 2 aromatic rings. The van der Waals surface area contributed by atoms with E-state index < -0.39 is 10.9 Å². The summed E-state index contributed by atoms with van der Waals surface area (Å²) < 4.78 is 6.06. The molecule has 2 atom stereocenters. The molecule has 0 aliphatic carbocycles. The molecule has 1 aliphatic heterocycles. The van der Waals surface area contributed by atoms with Crippen LogP contribution in [0.5, 0.6) is 0 Å². The third-order valence-electron chi connectivity index (χ3n) is 5.70. The van der Waals surface area contributed by atoms with Gasteiger partial charge in [-0.05, 0) is 43.4 Å². The van der Waals surface area contributed by atoms with Crippen LogP contribution < -0.4 is 4.65 Å². The molecule has 1 saturated heterocycles. The lowest BCUT2D eigenvalue weighted by Crippen LogP contribution is -2.50. The maximum absolute atomic E-state index is 14.0. The molecule has 0 amide bonds. The Morgan fingerprint density at radius 2 is 2.00 bits per heavy atom. The minimum atomic E-state index is -0.744. The molecule has 30 heavy (non-hydrogen) atoms. The van der Waals surface area contributed by atoms with Crippen LogP contribution in [0.15, 0.2) is 18.2 Å². The van der Waals surface area contributed by atoms with Gasteiger partial charge in [-0.1, -0.05) is 57.4 Å². The molecule has 6 nitrogen and oxygen atoms in total. The van der Waals surface area contributed by atoms with Gasteiger partial charge in [0.2, 0.25) is 0 Å². The quantitative estimate of drug-likeness (QED) is 0.263. The summed E-state index contributed by atoms with van der Waals surface area (Å²) in [4.78, 5) is 19.1. The Morgan fingerprint density at radius 3 is 2.73 bits per heavy atom. The summed E-state index contributed by atoms with van der Waals surface area (Å²) in [6.07, 6.45) is 6.78. The summed E-state index contributed by atoms with van der Waals surface area (Å²) >= 11 is 1.45. The van der Waals surface area contributed by atoms with E-state index in [4.69, 9.17) is 4.74 Å². The van der Waals surface area contributed by atoms with E-state index in [-0.39, 0.29) is 12.6 Å². The van der Waals surface area contributed by atoms with Crippen molar-refractivity contribution in [3.8, 4) is 0 Å². The molecule has 2 unspecified atom stereocenters. The van der Waals surface area contributed by atoms with E-state index >= 15 is 0 Å². The molecule has 0 saturated carbocycles. The smallest absolute Gasteiger partial charge is 0.310 e. The molecule has 0 bridgehead atoms. The lowest BCUT2D eigenvalue weighted by Gasteiger charge is -2.38. The average Bonchev–Trinajstić information content (AvgIpc) is 3.31. The minimum absolute atomic E-state index is 0.277. The van der Waals surface area contributed by atoms with Crippen molar-refractivity contribution in [1.82, 2.24) is 14.5 Å². The van der Waals surface area contributed by atoms with E-state index in [0.717, 1.165) is 61.7 Å². The number of unbranched alkanes of at least 4 members (excludes halogenated alkanes) is 3. The van der Waals surface area contributed by atoms with Crippen molar-refractivity contribution in [2.45, 2.75) is 78.4 Å². The van der Waals surface area contributed by atoms with Gasteiger partial charge in [-0.3, -0.25) is 9.44 Å². The van der Waals surface area contributed by atoms with Crippen molar-refractivity contribution in [2.75, 3.05) is 19.8 Å². The van der Waals surface area contributed by atoms with Crippen molar-refractivity contribution >= 4 is 32.7 Å². The van der Waals surface area contributed by atoms with Gasteiger partial charge >= 0.3 is 5.97 Å². The van der Waals surface area contributed by atoms with Crippen LogP contribution in [-0.4, -0.2) is 41.8 Å². The maximum Gasteiger partial charge on any atom is 0.310 e. The number of carbonyl (C=O) groups is 1. The number of hydroxylamine groups is 2. The van der Waals surface area contributed by atoms with E-state index in [1.807, 2.05) is 13.0 Å². The Balaban J connectivity index is 1.85. The molecule has 0 spiro atoms. The second-order valence-corrected chi connectivity index (χ2v) is 9.33. The Kier molecular flexibility index (Phi) is 8.22. The van der Waals surface area contributed by atoms with Crippen LogP contribution in [0, 0.1) is 5.21 Å². The second-order valence-electron chi connectivity index (χ2n) is 8.32. The Morgan fingerprint density at radius 1 is 1.23 bits per heavy atom. The first-order valence-electron chi connectivity index (χ1n) is 11.4. The first-order chi connectivity index (χ1) is 14.5. The first-order valence-corrected chi connectivity index (χ1v) is 12.2. The number of fused-ring (bicyclic) bond motifs is 1. The van der Waals surface area contributed by atoms with Gasteiger partial charge in [0.15, 0.2) is 0 Å². The van der Waals surface area contributed by atoms with Crippen LogP contribution in [0.1, 0.15) is 71.3 Å². The van der Waals surface area contributed by atoms with Crippen LogP contribution in [0.25, 0.3) is 10.2 Å². The zero-order chi connectivity index (χ0) is 21.6. The van der Waals surface area contributed by atoms with E-state index in [0.29, 0.717) is 18.1 Å². The van der Waals surface area contributed by atoms with Gasteiger partial charge in [0.1, 0.15) is 6.67 Å². The lowest BCUT2D eigenvalue weighted by molar-refractivity contribution is -0.153. The summed E-state index contributed by atoms with van der Waals surface area (Å²) in [6, 6.07) is 6.28. The number of hydrogen-bond donors (Lipinski definition) is 0. The van der Waals surface area contributed by atoms with Crippen LogP contribution in [0.3, 0.4) is 0 Å². The van der Waals surface area contributed by atoms with Gasteiger partial charge in [-0.25, -0.2) is 4.90 Å². The average molecular weight is 434 g/mol. The topological polar surface area (TPSA) is 65.5 Å². The molecule has 0 radical (unpaired) electrons. The number of aromatic nitrogens is 1. The van der Waals surface area contributed by atoms with Crippen LogP contribution in [-0.2, 0) is 16.0 Å². The van der Waals surface area contributed by atoms with Gasteiger partial charge in [0.05, 0.1) is 16.8 Å². The molecule has 1 aliphatic rings. The van der Waals surface area contributed by atoms with E-state index in [1.165, 1.54) is 16.9 Å². The minimum Gasteiger partial charge on any atom is -0.622 e. The molecule has 166 valence electrons. The second kappa shape index (κ2) is 10.7. The fourth-order valence-corrected chi connectivity index (χ4v) is 4.93. The highest BCUT2D eigenvalue weighted by atomic mass is 32.1. The van der Waals surface area contributed by atoms with Gasteiger partial charge in [-0.15, -0.1) is 0 Å². The fraction of sp³-hybridized carbons (Fsp3) is 0.652. The van der Waals surface area contributed by atoms with Gasteiger partial charge in [0.25, 0.3) is 11.4 Å². The molecule has 0 N–H and O–H groups in total. The van der Waals surface area contributed by atoms with Crippen molar-refractivity contribution in [3.63, 3.8) is 0 Å². The third-order valence-corrected chi connectivity index (χ3v) is 6.83. The van der Waals surface area contributed by atoms with Crippen molar-refractivity contribution in [3.05, 3.63) is 29.0 Å². The Hall–Kier alpha value is -1.54. The van der Waals surface area contributed by atoms with Gasteiger partial charge in [0, 0.05) is 13.0 Å². The molecular weight excluding hydrogens is 398 g/mol. The lowest BCUT2D eigenvalue weighted by atomic mass is 10.1. The number of thiazole rings is 1. The normalized spacial score (nSPS) is 22.1. The first kappa shape index (κ1) is 23.1. The molecule has 7 heteroatoms. The number of benzene rings is 1. The number of hydrogen-bond acceptors (Lipinski definition) is 6. The van der Waals surface area contributed by atoms with Crippen LogP contribution in [0.2, 0.25) is 0 Å². The number of rotatable bonds is 11. The van der Waals surface area contributed by atoms with Crippen LogP contribution >= 0.6 is 11.3 Å². The molecule has 1 aromatic heterocycles. The monoisotopic (exact) mass is 433 g/mol. The predicted molar refractivity (Wildman–Crippen MR) is 124 cm³/mol. The van der Waals surface area contributed by atoms with Gasteiger partial charge < -0.3 is 9.94 Å². The summed E-state index contributed by atoms with van der Waals surface area (Å²) in [5.74, 6) is -0.277. The predicted octanol–water partition coefficient (Wildman–Crippen LogP) is 5.58. The molecule has 1 aromatic carbocycles. The number of quaternary nitrogens is 1. The zero-order valence-electron chi connectivity index (χ0n) is 18.6.